The molecule has 0 N–H and O–H groups in total. The molecule has 0 bridgehead atoms. The maximum atomic E-state index is 6.20. The zero-order valence-electron chi connectivity index (χ0n) is 18.0. The second-order valence-corrected chi connectivity index (χ2v) is 9.89. The summed E-state index contributed by atoms with van der Waals surface area (Å²) >= 11 is 7.96. The summed E-state index contributed by atoms with van der Waals surface area (Å²) < 4.78 is 2.34. The fourth-order valence-corrected chi connectivity index (χ4v) is 6.02. The first-order chi connectivity index (χ1) is 16.7. The molecule has 34 heavy (non-hydrogen) atoms. The Morgan fingerprint density at radius 2 is 1.38 bits per heavy atom. The van der Waals surface area contributed by atoms with E-state index in [4.69, 9.17) is 21.6 Å². The summed E-state index contributed by atoms with van der Waals surface area (Å²) in [5, 5.41) is 6.53. The summed E-state index contributed by atoms with van der Waals surface area (Å²) in [7, 11) is 0. The smallest absolute Gasteiger partial charge is 0.160 e. The van der Waals surface area contributed by atoms with Gasteiger partial charge in [0, 0.05) is 26.2 Å². The molecule has 5 aromatic carbocycles. The topological polar surface area (TPSA) is 25.8 Å². The quantitative estimate of drug-likeness (QED) is 0.250. The average Bonchev–Trinajstić information content (AvgIpc) is 3.26. The van der Waals surface area contributed by atoms with Crippen LogP contribution in [0.1, 0.15) is 0 Å². The Morgan fingerprint density at radius 3 is 2.32 bits per heavy atom. The molecule has 2 nitrogen and oxygen atoms in total. The van der Waals surface area contributed by atoms with Crippen molar-refractivity contribution in [1.29, 1.82) is 0 Å². The van der Waals surface area contributed by atoms with Crippen molar-refractivity contribution in [2.24, 2.45) is 0 Å². The van der Waals surface area contributed by atoms with E-state index in [1.54, 1.807) is 11.3 Å². The van der Waals surface area contributed by atoms with Crippen molar-refractivity contribution in [3.8, 4) is 22.6 Å². The second-order valence-electron chi connectivity index (χ2n) is 8.40. The highest BCUT2D eigenvalue weighted by Gasteiger charge is 2.18. The Kier molecular flexibility index (Phi) is 4.41. The van der Waals surface area contributed by atoms with E-state index in [2.05, 4.69) is 84.9 Å². The van der Waals surface area contributed by atoms with Crippen molar-refractivity contribution in [3.05, 3.63) is 108 Å². The third-order valence-electron chi connectivity index (χ3n) is 6.33. The maximum absolute atomic E-state index is 6.20. The molecule has 0 saturated heterocycles. The Morgan fingerprint density at radius 1 is 0.618 bits per heavy atom. The maximum Gasteiger partial charge on any atom is 0.160 e. The minimum absolute atomic E-state index is 0.732. The molecule has 0 fully saturated rings. The summed E-state index contributed by atoms with van der Waals surface area (Å²) in [6, 6.07) is 35.7. The average molecular weight is 473 g/mol. The molecule has 0 radical (unpaired) electrons. The fourth-order valence-electron chi connectivity index (χ4n) is 4.69. The van der Waals surface area contributed by atoms with Crippen LogP contribution in [0.15, 0.2) is 103 Å². The molecule has 0 saturated carbocycles. The number of hydrogen-bond acceptors (Lipinski definition) is 3. The van der Waals surface area contributed by atoms with E-state index in [1.807, 2.05) is 18.2 Å². The molecule has 0 aliphatic rings. The summed E-state index contributed by atoms with van der Waals surface area (Å²) in [4.78, 5) is 10.3. The predicted molar refractivity (Wildman–Crippen MR) is 146 cm³/mol. The highest BCUT2D eigenvalue weighted by molar-refractivity contribution is 7.26. The summed E-state index contributed by atoms with van der Waals surface area (Å²) in [6.07, 6.45) is 0. The minimum atomic E-state index is 0.732. The molecule has 0 spiro atoms. The molecule has 0 aliphatic carbocycles. The number of halogens is 1. The van der Waals surface area contributed by atoms with Gasteiger partial charge in [-0.1, -0.05) is 90.5 Å². The third-order valence-corrected chi connectivity index (χ3v) is 7.73. The zero-order chi connectivity index (χ0) is 22.6. The van der Waals surface area contributed by atoms with Crippen molar-refractivity contribution < 1.29 is 0 Å². The lowest BCUT2D eigenvalue weighted by Crippen LogP contribution is -1.94. The van der Waals surface area contributed by atoms with Gasteiger partial charge in [-0.3, -0.25) is 0 Å². The molecule has 0 amide bonds. The molecule has 0 unspecified atom stereocenters. The molecule has 0 aliphatic heterocycles. The monoisotopic (exact) mass is 472 g/mol. The van der Waals surface area contributed by atoms with Crippen LogP contribution in [0, 0.1) is 0 Å². The van der Waals surface area contributed by atoms with Gasteiger partial charge in [-0.25, -0.2) is 9.97 Å². The van der Waals surface area contributed by atoms with Crippen LogP contribution in [0.4, 0.5) is 0 Å². The van der Waals surface area contributed by atoms with Gasteiger partial charge in [-0.15, -0.1) is 11.3 Å². The molecular weight excluding hydrogens is 456 g/mol. The number of rotatable bonds is 2. The number of benzene rings is 5. The van der Waals surface area contributed by atoms with E-state index in [-0.39, 0.29) is 0 Å². The van der Waals surface area contributed by atoms with E-state index in [0.29, 0.717) is 0 Å². The normalized spacial score (nSPS) is 11.7. The third kappa shape index (κ3) is 3.09. The largest absolute Gasteiger partial charge is 0.226 e. The van der Waals surface area contributed by atoms with Gasteiger partial charge in [0.05, 0.1) is 15.9 Å². The fraction of sp³-hybridized carbons (Fsp3) is 0. The van der Waals surface area contributed by atoms with Gasteiger partial charge in [0.2, 0.25) is 0 Å². The van der Waals surface area contributed by atoms with Crippen molar-refractivity contribution in [2.75, 3.05) is 0 Å². The molecule has 2 heterocycles. The first kappa shape index (κ1) is 19.7. The van der Waals surface area contributed by atoms with Gasteiger partial charge in [0.25, 0.3) is 0 Å². The van der Waals surface area contributed by atoms with Crippen LogP contribution in [-0.4, -0.2) is 9.97 Å². The Hall–Kier alpha value is -3.79. The van der Waals surface area contributed by atoms with E-state index in [9.17, 15) is 0 Å². The molecule has 7 rings (SSSR count). The molecule has 160 valence electrons. The van der Waals surface area contributed by atoms with Gasteiger partial charge in [-0.05, 0) is 45.8 Å². The van der Waals surface area contributed by atoms with E-state index in [0.717, 1.165) is 48.7 Å². The highest BCUT2D eigenvalue weighted by Crippen LogP contribution is 2.41. The van der Waals surface area contributed by atoms with Crippen molar-refractivity contribution in [1.82, 2.24) is 9.97 Å². The first-order valence-corrected chi connectivity index (χ1v) is 12.3. The Labute approximate surface area is 205 Å². The van der Waals surface area contributed by atoms with E-state index >= 15 is 0 Å². The summed E-state index contributed by atoms with van der Waals surface area (Å²) in [6.45, 7) is 0. The predicted octanol–water partition coefficient (Wildman–Crippen LogP) is 9.14. The lowest BCUT2D eigenvalue weighted by Gasteiger charge is -2.10. The second kappa shape index (κ2) is 7.63. The molecule has 2 aromatic heterocycles. The molecule has 4 heteroatoms. The van der Waals surface area contributed by atoms with Gasteiger partial charge >= 0.3 is 0 Å². The number of fused-ring (bicyclic) bond motifs is 5. The molecular formula is C30H17ClN2S. The lowest BCUT2D eigenvalue weighted by atomic mass is 10.0. The van der Waals surface area contributed by atoms with Crippen LogP contribution in [0.25, 0.3) is 64.5 Å². The van der Waals surface area contributed by atoms with Crippen LogP contribution in [0.3, 0.4) is 0 Å². The Balaban J connectivity index is 1.57. The zero-order valence-corrected chi connectivity index (χ0v) is 19.6. The van der Waals surface area contributed by atoms with Crippen molar-refractivity contribution >= 4 is 64.8 Å². The standard InChI is InChI=1S/C30H17ClN2S/c31-22-15-14-19-16-21(13-12-20(19)17-22)30-32-27(24-10-5-7-18-6-1-2-8-23(18)24)29-28(33-30)25-9-3-4-11-26(25)34-29/h1-17H. The number of hydrogen-bond donors (Lipinski definition) is 0. The highest BCUT2D eigenvalue weighted by atomic mass is 35.5. The van der Waals surface area contributed by atoms with Gasteiger partial charge in [0.15, 0.2) is 5.82 Å². The summed E-state index contributed by atoms with van der Waals surface area (Å²) in [5.74, 6) is 0.732. The number of thiophene rings is 1. The Bertz CT molecular complexity index is 1880. The van der Waals surface area contributed by atoms with Gasteiger partial charge in [0.1, 0.15) is 0 Å². The lowest BCUT2D eigenvalue weighted by molar-refractivity contribution is 1.24. The van der Waals surface area contributed by atoms with Gasteiger partial charge < -0.3 is 0 Å². The minimum Gasteiger partial charge on any atom is -0.226 e. The van der Waals surface area contributed by atoms with E-state index in [1.165, 1.54) is 20.9 Å². The van der Waals surface area contributed by atoms with Crippen LogP contribution >= 0.6 is 22.9 Å². The van der Waals surface area contributed by atoms with Crippen LogP contribution in [0.2, 0.25) is 5.02 Å². The number of nitrogens with zero attached hydrogens (tertiary/aromatic N) is 2. The van der Waals surface area contributed by atoms with Crippen LogP contribution in [-0.2, 0) is 0 Å². The van der Waals surface area contributed by atoms with Crippen molar-refractivity contribution in [3.63, 3.8) is 0 Å². The summed E-state index contributed by atoms with van der Waals surface area (Å²) in [5.41, 5.74) is 4.11. The van der Waals surface area contributed by atoms with Crippen LogP contribution < -0.4 is 0 Å². The first-order valence-electron chi connectivity index (χ1n) is 11.1. The molecule has 0 atom stereocenters. The SMILES string of the molecule is Clc1ccc2cc(-c3nc(-c4cccc5ccccc45)c4sc5ccccc5c4n3)ccc2c1. The van der Waals surface area contributed by atoms with Crippen LogP contribution in [0.5, 0.6) is 0 Å². The van der Waals surface area contributed by atoms with Gasteiger partial charge in [-0.2, -0.15) is 0 Å². The molecule has 7 aromatic rings. The van der Waals surface area contributed by atoms with Crippen molar-refractivity contribution in [2.45, 2.75) is 0 Å². The number of aromatic nitrogens is 2. The van der Waals surface area contributed by atoms with E-state index < -0.39 is 0 Å².